The van der Waals surface area contributed by atoms with Crippen molar-refractivity contribution in [3.05, 3.63) is 41.6 Å². The van der Waals surface area contributed by atoms with Crippen LogP contribution in [-0.4, -0.2) is 125 Å². The van der Waals surface area contributed by atoms with Gasteiger partial charge in [-0.05, 0) is 43.7 Å². The molecule has 3 rings (SSSR count). The molecule has 2 unspecified atom stereocenters. The number of carboxylic acid groups (broad SMARTS) is 1. The Morgan fingerprint density at radius 3 is 2.36 bits per heavy atom. The lowest BCUT2D eigenvalue weighted by molar-refractivity contribution is -0.140. The van der Waals surface area contributed by atoms with Gasteiger partial charge in [0.05, 0.1) is 18.5 Å². The van der Waals surface area contributed by atoms with Crippen molar-refractivity contribution in [1.82, 2.24) is 31.5 Å². The van der Waals surface area contributed by atoms with Crippen LogP contribution < -0.4 is 43.8 Å². The van der Waals surface area contributed by atoms with Gasteiger partial charge in [-0.1, -0.05) is 51.9 Å². The highest BCUT2D eigenvalue weighted by molar-refractivity contribution is 8.76. The van der Waals surface area contributed by atoms with E-state index in [4.69, 9.17) is 17.2 Å². The largest absolute Gasteiger partial charge is 0.481 e. The maximum atomic E-state index is 14.1. The minimum atomic E-state index is -1.50. The number of nitrogens with one attached hydrogen (secondary N) is 5. The zero-order valence-corrected chi connectivity index (χ0v) is 31.7. The highest BCUT2D eigenvalue weighted by Gasteiger charge is 2.38. The van der Waals surface area contributed by atoms with Crippen LogP contribution in [0.3, 0.4) is 0 Å². The molecule has 2 saturated heterocycles. The first-order valence-electron chi connectivity index (χ1n) is 17.6. The number of nitrogens with two attached hydrogens (primary N) is 3. The summed E-state index contributed by atoms with van der Waals surface area (Å²) in [5.74, 6) is -5.44. The van der Waals surface area contributed by atoms with Crippen LogP contribution in [0.5, 0.6) is 0 Å². The van der Waals surface area contributed by atoms with Crippen molar-refractivity contribution in [2.45, 2.75) is 75.2 Å². The molecule has 1 aromatic carbocycles. The second-order valence-corrected chi connectivity index (χ2v) is 15.3. The summed E-state index contributed by atoms with van der Waals surface area (Å²) in [5.41, 5.74) is 16.6. The summed E-state index contributed by atoms with van der Waals surface area (Å²) in [7, 11) is 2.44. The van der Waals surface area contributed by atoms with E-state index in [2.05, 4.69) is 31.6 Å². The number of carbonyl (C=O) groups excluding carboxylic acids is 7. The molecule has 5 atom stereocenters. The number of rotatable bonds is 10. The number of aliphatic carboxylic acids is 1. The Bertz CT molecular complexity index is 1610. The lowest BCUT2D eigenvalue weighted by Crippen LogP contribution is -2.55. The summed E-state index contributed by atoms with van der Waals surface area (Å²) in [6.07, 6.45) is 2.73. The van der Waals surface area contributed by atoms with E-state index in [0.29, 0.717) is 31.1 Å². The molecule has 2 aliphatic rings. The SMILES string of the molecule is NC(=O)C1CSSCCC(=O)N[C@@H](CCCCN=C(N)N)C(=O)NC(C=O)CN[C@@H](CC(=O)O)C(=O)N/C(=C/c2ccccc2)C(=O)N2CCC[C@H]2C(=O)N1. The number of amides is 6. The summed E-state index contributed by atoms with van der Waals surface area (Å²) in [5, 5.41) is 22.7. The lowest BCUT2D eigenvalue weighted by Gasteiger charge is -2.27. The average molecular weight is 805 g/mol. The van der Waals surface area contributed by atoms with E-state index in [1.807, 2.05) is 0 Å². The molecule has 21 heteroatoms. The molecule has 6 amide bonds. The molecule has 55 heavy (non-hydrogen) atoms. The van der Waals surface area contributed by atoms with Gasteiger partial charge in [0.25, 0.3) is 5.91 Å². The molecule has 1 aromatic rings. The average Bonchev–Trinajstić information content (AvgIpc) is 3.64. The Labute approximate surface area is 325 Å². The van der Waals surface area contributed by atoms with Crippen LogP contribution in [-0.2, 0) is 38.4 Å². The van der Waals surface area contributed by atoms with E-state index in [0.717, 1.165) is 0 Å². The smallest absolute Gasteiger partial charge is 0.305 e. The number of unbranched alkanes of at least 4 members (excludes halogenated alkanes) is 1. The van der Waals surface area contributed by atoms with Gasteiger partial charge < -0.3 is 58.6 Å². The topological polar surface area (TPSA) is 311 Å². The number of guanidine groups is 1. The number of hydrogen-bond donors (Lipinski definition) is 9. The normalized spacial score (nSPS) is 24.7. The standard InChI is InChI=1S/C34H48N10O9S2/c35-29(49)25-19-55-54-14-11-27(46)41-22(9-4-5-12-38-34(36)37)30(50)40-21(18-45)17-39-23(16-28(47)48)31(51)42-24(15-20-7-2-1-3-8-20)33(53)44-13-6-10-26(44)32(52)43-25/h1-3,7-8,15,18,21-23,25-26,39H,4-6,9-14,16-17,19H2,(H2,35,49)(H,40,50)(H,41,46)(H,42,51)(H,43,52)(H,47,48)(H4,36,37,38)/b24-15+/t21?,22-,23-,25?,26-/m0/s1. The van der Waals surface area contributed by atoms with Crippen molar-refractivity contribution >= 4 is 81.3 Å². The van der Waals surface area contributed by atoms with Crippen LogP contribution in [0.15, 0.2) is 41.0 Å². The Morgan fingerprint density at radius 2 is 1.69 bits per heavy atom. The molecular weight excluding hydrogens is 757 g/mol. The third-order valence-corrected chi connectivity index (χ3v) is 10.8. The summed E-state index contributed by atoms with van der Waals surface area (Å²) in [6.45, 7) is 0.0357. The molecule has 0 saturated carbocycles. The summed E-state index contributed by atoms with van der Waals surface area (Å²) >= 11 is 0. The molecule has 19 nitrogen and oxygen atoms in total. The summed E-state index contributed by atoms with van der Waals surface area (Å²) < 4.78 is 0. The van der Waals surface area contributed by atoms with Crippen molar-refractivity contribution in [1.29, 1.82) is 0 Å². The Kier molecular flexibility index (Phi) is 18.4. The van der Waals surface area contributed by atoms with Crippen LogP contribution in [0.4, 0.5) is 0 Å². The van der Waals surface area contributed by atoms with Gasteiger partial charge in [0, 0.05) is 37.6 Å². The van der Waals surface area contributed by atoms with E-state index in [-0.39, 0.29) is 62.1 Å². The first-order valence-corrected chi connectivity index (χ1v) is 20.1. The molecule has 0 aliphatic carbocycles. The minimum Gasteiger partial charge on any atom is -0.481 e. The van der Waals surface area contributed by atoms with Crippen molar-refractivity contribution in [2.24, 2.45) is 22.2 Å². The van der Waals surface area contributed by atoms with Gasteiger partial charge in [0.15, 0.2) is 5.96 Å². The second kappa shape index (κ2) is 22.9. The van der Waals surface area contributed by atoms with E-state index >= 15 is 0 Å². The number of aliphatic imine (C=N–C) groups is 1. The van der Waals surface area contributed by atoms with Gasteiger partial charge in [-0.3, -0.25) is 38.6 Å². The number of carboxylic acids is 1. The van der Waals surface area contributed by atoms with Crippen LogP contribution >= 0.6 is 21.6 Å². The molecule has 2 fully saturated rings. The maximum absolute atomic E-state index is 14.1. The van der Waals surface area contributed by atoms with Crippen LogP contribution in [0.25, 0.3) is 6.08 Å². The van der Waals surface area contributed by atoms with E-state index < -0.39 is 78.0 Å². The molecule has 0 spiro atoms. The zero-order chi connectivity index (χ0) is 40.3. The quantitative estimate of drug-likeness (QED) is 0.0307. The Balaban J connectivity index is 1.94. The van der Waals surface area contributed by atoms with Gasteiger partial charge in [0.2, 0.25) is 29.5 Å². The van der Waals surface area contributed by atoms with Crippen molar-refractivity contribution in [3.63, 3.8) is 0 Å². The van der Waals surface area contributed by atoms with Crippen LogP contribution in [0.2, 0.25) is 0 Å². The fourth-order valence-corrected chi connectivity index (χ4v) is 7.79. The predicted octanol–water partition coefficient (Wildman–Crippen LogP) is -2.06. The van der Waals surface area contributed by atoms with Gasteiger partial charge in [-0.25, -0.2) is 0 Å². The van der Waals surface area contributed by atoms with Gasteiger partial charge in [-0.2, -0.15) is 0 Å². The molecule has 2 aliphatic heterocycles. The van der Waals surface area contributed by atoms with Crippen molar-refractivity contribution in [3.8, 4) is 0 Å². The fraction of sp³-hybridized carbons (Fsp3) is 0.500. The van der Waals surface area contributed by atoms with Crippen molar-refractivity contribution < 1.29 is 43.5 Å². The third kappa shape index (κ3) is 15.3. The fourth-order valence-electron chi connectivity index (χ4n) is 5.62. The number of fused-ring (bicyclic) bond motifs is 1. The van der Waals surface area contributed by atoms with Crippen LogP contribution in [0, 0.1) is 0 Å². The maximum Gasteiger partial charge on any atom is 0.305 e. The lowest BCUT2D eigenvalue weighted by atomic mass is 10.1. The molecule has 2 heterocycles. The number of aldehydes is 1. The number of carbonyl (C=O) groups is 8. The molecule has 0 radical (unpaired) electrons. The third-order valence-electron chi connectivity index (χ3n) is 8.42. The first-order chi connectivity index (χ1) is 26.3. The van der Waals surface area contributed by atoms with E-state index in [1.165, 1.54) is 32.6 Å². The van der Waals surface area contributed by atoms with Gasteiger partial charge >= 0.3 is 5.97 Å². The second-order valence-electron chi connectivity index (χ2n) is 12.7. The first kappa shape index (κ1) is 44.2. The highest BCUT2D eigenvalue weighted by atomic mass is 33.1. The summed E-state index contributed by atoms with van der Waals surface area (Å²) in [4.78, 5) is 109. The van der Waals surface area contributed by atoms with E-state index in [1.54, 1.807) is 30.3 Å². The van der Waals surface area contributed by atoms with Crippen LogP contribution in [0.1, 0.15) is 50.5 Å². The van der Waals surface area contributed by atoms with Crippen molar-refractivity contribution in [2.75, 3.05) is 31.1 Å². The molecular formula is C34H48N10O9S2. The minimum absolute atomic E-state index is 0.0222. The monoisotopic (exact) mass is 804 g/mol. The predicted molar refractivity (Wildman–Crippen MR) is 206 cm³/mol. The Morgan fingerprint density at radius 1 is 0.945 bits per heavy atom. The zero-order valence-electron chi connectivity index (χ0n) is 30.1. The molecule has 12 N–H and O–H groups in total. The molecule has 0 bridgehead atoms. The van der Waals surface area contributed by atoms with E-state index in [9.17, 15) is 43.5 Å². The Hall–Kier alpha value is -5.15. The number of primary amides is 1. The molecule has 0 aromatic heterocycles. The number of nitrogens with zero attached hydrogens (tertiary/aromatic N) is 2. The number of hydrogen-bond acceptors (Lipinski definition) is 12. The summed E-state index contributed by atoms with van der Waals surface area (Å²) in [6, 6.07) is 2.53. The van der Waals surface area contributed by atoms with Gasteiger partial charge in [0.1, 0.15) is 30.1 Å². The number of benzene rings is 1. The highest BCUT2D eigenvalue weighted by Crippen LogP contribution is 2.24. The molecule has 300 valence electrons. The van der Waals surface area contributed by atoms with Gasteiger partial charge in [-0.15, -0.1) is 0 Å².